The van der Waals surface area contributed by atoms with Gasteiger partial charge in [-0.05, 0) is 18.6 Å². The Morgan fingerprint density at radius 2 is 2.09 bits per heavy atom. The van der Waals surface area contributed by atoms with Gasteiger partial charge < -0.3 is 15.0 Å². The third-order valence-corrected chi connectivity index (χ3v) is 3.37. The molecule has 2 aromatic rings. The molecule has 5 nitrogen and oxygen atoms in total. The molecule has 1 amide bonds. The molecule has 0 saturated carbocycles. The van der Waals surface area contributed by atoms with E-state index in [0.29, 0.717) is 6.42 Å². The molecule has 1 aromatic heterocycles. The van der Waals surface area contributed by atoms with E-state index in [1.165, 1.54) is 12.1 Å². The standard InChI is InChI=1S/C15H18F3N3O2/c1-2-5-10(22)8-19-13(23)9-21-12-7-4-3-6-11(12)20-14(21)15(16,17)18/h3-4,6-7,10,22H,2,5,8-9H2,1H3,(H,19,23). The number of rotatable bonds is 6. The van der Waals surface area contributed by atoms with Crippen LogP contribution in [0.2, 0.25) is 0 Å². The van der Waals surface area contributed by atoms with Crippen LogP contribution >= 0.6 is 0 Å². The van der Waals surface area contributed by atoms with E-state index in [-0.39, 0.29) is 17.6 Å². The molecule has 0 radical (unpaired) electrons. The first kappa shape index (κ1) is 17.3. The number of imidazole rings is 1. The van der Waals surface area contributed by atoms with Crippen LogP contribution in [0.5, 0.6) is 0 Å². The highest BCUT2D eigenvalue weighted by Crippen LogP contribution is 2.31. The van der Waals surface area contributed by atoms with Gasteiger partial charge in [-0.2, -0.15) is 13.2 Å². The van der Waals surface area contributed by atoms with Gasteiger partial charge in [0.05, 0.1) is 17.1 Å². The van der Waals surface area contributed by atoms with Crippen LogP contribution in [-0.2, 0) is 17.5 Å². The number of aromatic nitrogens is 2. The Kier molecular flexibility index (Phi) is 5.25. The average Bonchev–Trinajstić information content (AvgIpc) is 2.85. The van der Waals surface area contributed by atoms with E-state index >= 15 is 0 Å². The van der Waals surface area contributed by atoms with Crippen molar-refractivity contribution in [3.63, 3.8) is 0 Å². The maximum atomic E-state index is 13.1. The lowest BCUT2D eigenvalue weighted by Crippen LogP contribution is -2.35. The van der Waals surface area contributed by atoms with Crippen LogP contribution in [0.25, 0.3) is 11.0 Å². The smallest absolute Gasteiger partial charge is 0.391 e. The molecule has 0 aliphatic heterocycles. The second kappa shape index (κ2) is 6.99. The van der Waals surface area contributed by atoms with Crippen molar-refractivity contribution in [3.05, 3.63) is 30.1 Å². The molecular weight excluding hydrogens is 311 g/mol. The molecule has 1 atom stereocenters. The topological polar surface area (TPSA) is 67.2 Å². The minimum absolute atomic E-state index is 0.0145. The van der Waals surface area contributed by atoms with E-state index in [0.717, 1.165) is 11.0 Å². The zero-order valence-corrected chi connectivity index (χ0v) is 12.6. The molecular formula is C15H18F3N3O2. The molecule has 2 rings (SSSR count). The first-order valence-electron chi connectivity index (χ1n) is 7.30. The SMILES string of the molecule is CCCC(O)CNC(=O)Cn1c(C(F)(F)F)nc2ccccc21. The van der Waals surface area contributed by atoms with Crippen molar-refractivity contribution < 1.29 is 23.1 Å². The third kappa shape index (κ3) is 4.22. The lowest BCUT2D eigenvalue weighted by atomic mass is 10.2. The number of aliphatic hydroxyl groups excluding tert-OH is 1. The maximum absolute atomic E-state index is 13.1. The van der Waals surface area contributed by atoms with Crippen LogP contribution in [0.3, 0.4) is 0 Å². The summed E-state index contributed by atoms with van der Waals surface area (Å²) in [7, 11) is 0. The predicted octanol–water partition coefficient (Wildman–Crippen LogP) is 2.33. The van der Waals surface area contributed by atoms with Gasteiger partial charge in [0.15, 0.2) is 0 Å². The highest BCUT2D eigenvalue weighted by Gasteiger charge is 2.37. The van der Waals surface area contributed by atoms with Gasteiger partial charge in [-0.15, -0.1) is 0 Å². The molecule has 0 aliphatic rings. The van der Waals surface area contributed by atoms with Crippen molar-refractivity contribution in [2.75, 3.05) is 6.54 Å². The highest BCUT2D eigenvalue weighted by molar-refractivity contribution is 5.81. The van der Waals surface area contributed by atoms with Crippen LogP contribution in [0, 0.1) is 0 Å². The summed E-state index contributed by atoms with van der Waals surface area (Å²) in [5, 5.41) is 12.0. The van der Waals surface area contributed by atoms with Crippen LogP contribution in [0.1, 0.15) is 25.6 Å². The van der Waals surface area contributed by atoms with Gasteiger partial charge >= 0.3 is 6.18 Å². The first-order valence-corrected chi connectivity index (χ1v) is 7.30. The molecule has 2 N–H and O–H groups in total. The molecule has 0 saturated heterocycles. The Labute approximate surface area is 131 Å². The van der Waals surface area contributed by atoms with Gasteiger partial charge in [-0.1, -0.05) is 25.5 Å². The Balaban J connectivity index is 2.20. The number of alkyl halides is 3. The molecule has 1 heterocycles. The van der Waals surface area contributed by atoms with E-state index in [2.05, 4.69) is 10.3 Å². The fourth-order valence-electron chi connectivity index (χ4n) is 2.32. The van der Waals surface area contributed by atoms with Gasteiger partial charge in [0, 0.05) is 6.54 Å². The van der Waals surface area contributed by atoms with Crippen molar-refractivity contribution >= 4 is 16.9 Å². The number of nitrogens with zero attached hydrogens (tertiary/aromatic N) is 2. The van der Waals surface area contributed by atoms with Crippen molar-refractivity contribution in [2.45, 2.75) is 38.6 Å². The largest absolute Gasteiger partial charge is 0.449 e. The summed E-state index contributed by atoms with van der Waals surface area (Å²) in [5.41, 5.74) is 0.419. The van der Waals surface area contributed by atoms with E-state index in [4.69, 9.17) is 0 Å². The molecule has 8 heteroatoms. The molecule has 1 aromatic carbocycles. The van der Waals surface area contributed by atoms with Gasteiger partial charge in [0.1, 0.15) is 6.54 Å². The van der Waals surface area contributed by atoms with E-state index < -0.39 is 30.6 Å². The van der Waals surface area contributed by atoms with E-state index in [1.54, 1.807) is 12.1 Å². The number of carbonyl (C=O) groups excluding carboxylic acids is 1. The number of hydrogen-bond donors (Lipinski definition) is 2. The molecule has 0 spiro atoms. The number of benzene rings is 1. The number of aliphatic hydroxyl groups is 1. The second-order valence-electron chi connectivity index (χ2n) is 5.25. The Morgan fingerprint density at radius 1 is 1.39 bits per heavy atom. The minimum atomic E-state index is -4.65. The second-order valence-corrected chi connectivity index (χ2v) is 5.25. The minimum Gasteiger partial charge on any atom is -0.391 e. The summed E-state index contributed by atoms with van der Waals surface area (Å²) in [6.45, 7) is 1.40. The number of hydrogen-bond acceptors (Lipinski definition) is 3. The van der Waals surface area contributed by atoms with Gasteiger partial charge in [0.25, 0.3) is 0 Å². The molecule has 0 aliphatic carbocycles. The summed E-state index contributed by atoms with van der Waals surface area (Å²) in [6, 6.07) is 6.12. The van der Waals surface area contributed by atoms with E-state index in [9.17, 15) is 23.1 Å². The fraction of sp³-hybridized carbons (Fsp3) is 0.467. The van der Waals surface area contributed by atoms with E-state index in [1.807, 2.05) is 6.92 Å². The normalized spacial score (nSPS) is 13.3. The van der Waals surface area contributed by atoms with Crippen molar-refractivity contribution in [2.24, 2.45) is 0 Å². The van der Waals surface area contributed by atoms with Crippen molar-refractivity contribution in [1.29, 1.82) is 0 Å². The summed E-state index contributed by atoms with van der Waals surface area (Å²) < 4.78 is 40.1. The number of nitrogens with one attached hydrogen (secondary N) is 1. The molecule has 23 heavy (non-hydrogen) atoms. The van der Waals surface area contributed by atoms with Crippen molar-refractivity contribution in [1.82, 2.24) is 14.9 Å². The third-order valence-electron chi connectivity index (χ3n) is 3.37. The average molecular weight is 329 g/mol. The van der Waals surface area contributed by atoms with Crippen LogP contribution < -0.4 is 5.32 Å². The summed E-state index contributed by atoms with van der Waals surface area (Å²) in [4.78, 5) is 15.5. The van der Waals surface area contributed by atoms with Crippen LogP contribution in [0.4, 0.5) is 13.2 Å². The Morgan fingerprint density at radius 3 is 2.74 bits per heavy atom. The zero-order valence-electron chi connectivity index (χ0n) is 12.6. The Hall–Kier alpha value is -2.09. The van der Waals surface area contributed by atoms with Gasteiger partial charge in [-0.3, -0.25) is 4.79 Å². The van der Waals surface area contributed by atoms with Gasteiger partial charge in [-0.25, -0.2) is 4.98 Å². The van der Waals surface area contributed by atoms with Gasteiger partial charge in [0.2, 0.25) is 11.7 Å². The lowest BCUT2D eigenvalue weighted by molar-refractivity contribution is -0.147. The molecule has 0 fully saturated rings. The monoisotopic (exact) mass is 329 g/mol. The van der Waals surface area contributed by atoms with Crippen molar-refractivity contribution in [3.8, 4) is 0 Å². The van der Waals surface area contributed by atoms with Crippen LogP contribution in [0.15, 0.2) is 24.3 Å². The zero-order chi connectivity index (χ0) is 17.0. The maximum Gasteiger partial charge on any atom is 0.449 e. The number of halogens is 3. The quantitative estimate of drug-likeness (QED) is 0.855. The number of para-hydroxylation sites is 2. The number of fused-ring (bicyclic) bond motifs is 1. The molecule has 126 valence electrons. The first-order chi connectivity index (χ1) is 10.8. The summed E-state index contributed by atoms with van der Waals surface area (Å²) in [5.74, 6) is -1.71. The van der Waals surface area contributed by atoms with Crippen LogP contribution in [-0.4, -0.2) is 33.2 Å². The number of carbonyl (C=O) groups is 1. The lowest BCUT2D eigenvalue weighted by Gasteiger charge is -2.13. The Bertz CT molecular complexity index is 682. The summed E-state index contributed by atoms with van der Waals surface area (Å²) >= 11 is 0. The predicted molar refractivity (Wildman–Crippen MR) is 78.7 cm³/mol. The molecule has 1 unspecified atom stereocenters. The number of amides is 1. The fourth-order valence-corrected chi connectivity index (χ4v) is 2.32. The highest BCUT2D eigenvalue weighted by atomic mass is 19.4. The molecule has 0 bridgehead atoms. The summed E-state index contributed by atoms with van der Waals surface area (Å²) in [6.07, 6.45) is -4.09.